The number of aliphatic hydroxyl groups excluding tert-OH is 2. The van der Waals surface area contributed by atoms with Gasteiger partial charge in [0, 0.05) is 6.20 Å². The van der Waals surface area contributed by atoms with Crippen LogP contribution in [0.15, 0.2) is 46.2 Å². The Morgan fingerprint density at radius 1 is 1.22 bits per heavy atom. The lowest BCUT2D eigenvalue weighted by Gasteiger charge is -2.16. The molecule has 1 aromatic heterocycles. The lowest BCUT2D eigenvalue weighted by molar-refractivity contribution is -0.0508. The number of aryl methyl sites for hydroxylation is 1. The molecule has 1 aliphatic heterocycles. The first-order valence-electron chi connectivity index (χ1n) is 8.01. The molecule has 1 aromatic carbocycles. The lowest BCUT2D eigenvalue weighted by atomic mass is 10.1. The Labute approximate surface area is 154 Å². The number of nitrogen functional groups attached to an aromatic ring is 1. The fraction of sp³-hybridized carbons (Fsp3) is 0.375. The molecule has 0 radical (unpaired) electrons. The number of aliphatic hydroxyl groups is 2. The van der Waals surface area contributed by atoms with Gasteiger partial charge in [0.1, 0.15) is 24.1 Å². The molecule has 2 aromatic rings. The number of aromatic nitrogens is 2. The van der Waals surface area contributed by atoms with Crippen LogP contribution in [0.3, 0.4) is 0 Å². The lowest BCUT2D eigenvalue weighted by Crippen LogP contribution is -2.36. The number of hydrogen-bond donors (Lipinski definition) is 3. The Bertz CT molecular complexity index is 974. The van der Waals surface area contributed by atoms with Crippen molar-refractivity contribution >= 4 is 15.9 Å². The zero-order valence-corrected chi connectivity index (χ0v) is 15.1. The van der Waals surface area contributed by atoms with Gasteiger partial charge in [0.05, 0.1) is 11.5 Å². The molecule has 0 aliphatic carbocycles. The molecule has 4 unspecified atom stereocenters. The molecule has 0 bridgehead atoms. The molecule has 0 spiro atoms. The van der Waals surface area contributed by atoms with Gasteiger partial charge in [-0.3, -0.25) is 8.75 Å². The fourth-order valence-electron chi connectivity index (χ4n) is 2.65. The van der Waals surface area contributed by atoms with Crippen LogP contribution in [-0.2, 0) is 19.0 Å². The van der Waals surface area contributed by atoms with Gasteiger partial charge >= 0.3 is 5.69 Å². The van der Waals surface area contributed by atoms with Crippen LogP contribution in [-0.4, -0.2) is 53.1 Å². The van der Waals surface area contributed by atoms with Gasteiger partial charge < -0.3 is 20.7 Å². The number of anilines is 1. The molecule has 3 rings (SSSR count). The van der Waals surface area contributed by atoms with E-state index in [2.05, 4.69) is 4.98 Å². The monoisotopic (exact) mass is 397 g/mol. The minimum Gasteiger partial charge on any atom is -0.387 e. The van der Waals surface area contributed by atoms with Crippen LogP contribution in [0, 0.1) is 6.92 Å². The number of rotatable bonds is 5. The van der Waals surface area contributed by atoms with E-state index in [4.69, 9.17) is 14.7 Å². The first kappa shape index (κ1) is 19.5. The maximum absolute atomic E-state index is 12.2. The van der Waals surface area contributed by atoms with Gasteiger partial charge in [0.25, 0.3) is 10.1 Å². The van der Waals surface area contributed by atoms with E-state index in [-0.39, 0.29) is 10.7 Å². The van der Waals surface area contributed by atoms with Gasteiger partial charge in [-0.05, 0) is 25.1 Å². The Hall–Kier alpha value is -2.31. The molecule has 11 heteroatoms. The van der Waals surface area contributed by atoms with E-state index in [0.717, 1.165) is 10.1 Å². The maximum atomic E-state index is 12.2. The van der Waals surface area contributed by atoms with Crippen LogP contribution in [0.5, 0.6) is 0 Å². The minimum atomic E-state index is -4.07. The van der Waals surface area contributed by atoms with Crippen molar-refractivity contribution < 1.29 is 27.6 Å². The predicted molar refractivity (Wildman–Crippen MR) is 93.1 cm³/mol. The summed E-state index contributed by atoms with van der Waals surface area (Å²) in [4.78, 5) is 15.4. The van der Waals surface area contributed by atoms with Gasteiger partial charge in [0.15, 0.2) is 6.23 Å². The third kappa shape index (κ3) is 4.01. The van der Waals surface area contributed by atoms with E-state index >= 15 is 0 Å². The Kier molecular flexibility index (Phi) is 5.31. The van der Waals surface area contributed by atoms with E-state index in [0.29, 0.717) is 0 Å². The summed E-state index contributed by atoms with van der Waals surface area (Å²) in [5, 5.41) is 20.3. The third-order valence-electron chi connectivity index (χ3n) is 4.16. The zero-order valence-electron chi connectivity index (χ0n) is 14.3. The summed E-state index contributed by atoms with van der Waals surface area (Å²) >= 11 is 0. The molecular weight excluding hydrogens is 378 g/mol. The standard InChI is InChI=1S/C16H19N3O7S/c1-9-2-4-10(5-3-9)27(23,24)25-8-11-13(20)14(21)15(26-11)19-7-6-12(17)18-16(19)22/h2-7,11,13-15,20-21H,8H2,1H3,(H2,17,18,22). The normalized spacial score (nSPS) is 25.6. The second-order valence-electron chi connectivity index (χ2n) is 6.14. The van der Waals surface area contributed by atoms with Crippen molar-refractivity contribution in [2.45, 2.75) is 36.4 Å². The van der Waals surface area contributed by atoms with Crippen molar-refractivity contribution in [2.75, 3.05) is 12.3 Å². The summed E-state index contributed by atoms with van der Waals surface area (Å²) in [5.41, 5.74) is 5.52. The summed E-state index contributed by atoms with van der Waals surface area (Å²) in [6, 6.07) is 7.37. The minimum absolute atomic E-state index is 0.00615. The van der Waals surface area contributed by atoms with Crippen LogP contribution < -0.4 is 11.4 Å². The van der Waals surface area contributed by atoms with E-state index in [1.54, 1.807) is 12.1 Å². The largest absolute Gasteiger partial charge is 0.387 e. The smallest absolute Gasteiger partial charge is 0.351 e. The van der Waals surface area contributed by atoms with Gasteiger partial charge in [-0.2, -0.15) is 13.4 Å². The molecule has 0 saturated carbocycles. The van der Waals surface area contributed by atoms with Crippen molar-refractivity contribution in [2.24, 2.45) is 0 Å². The molecule has 1 aliphatic rings. The van der Waals surface area contributed by atoms with Crippen molar-refractivity contribution in [1.29, 1.82) is 0 Å². The van der Waals surface area contributed by atoms with Gasteiger partial charge in [-0.25, -0.2) is 4.79 Å². The molecule has 10 nitrogen and oxygen atoms in total. The van der Waals surface area contributed by atoms with Gasteiger partial charge in [-0.1, -0.05) is 17.7 Å². The Morgan fingerprint density at radius 2 is 1.89 bits per heavy atom. The SMILES string of the molecule is Cc1ccc(S(=O)(=O)OCC2OC(n3ccc(N)nc3=O)C(O)C2O)cc1. The van der Waals surface area contributed by atoms with Crippen molar-refractivity contribution in [1.82, 2.24) is 9.55 Å². The highest BCUT2D eigenvalue weighted by Gasteiger charge is 2.44. The van der Waals surface area contributed by atoms with E-state index in [1.165, 1.54) is 24.4 Å². The quantitative estimate of drug-likeness (QED) is 0.548. The first-order chi connectivity index (χ1) is 12.7. The average Bonchev–Trinajstić information content (AvgIpc) is 2.89. The summed E-state index contributed by atoms with van der Waals surface area (Å²) in [6.07, 6.45) is -4.11. The van der Waals surface area contributed by atoms with Gasteiger partial charge in [-0.15, -0.1) is 0 Å². The van der Waals surface area contributed by atoms with Crippen molar-refractivity contribution in [3.05, 3.63) is 52.6 Å². The highest BCUT2D eigenvalue weighted by molar-refractivity contribution is 7.86. The van der Waals surface area contributed by atoms with Crippen LogP contribution in [0.4, 0.5) is 5.82 Å². The van der Waals surface area contributed by atoms with Crippen LogP contribution in [0.1, 0.15) is 11.8 Å². The van der Waals surface area contributed by atoms with Crippen LogP contribution >= 0.6 is 0 Å². The Balaban J connectivity index is 1.72. The molecule has 4 N–H and O–H groups in total. The zero-order chi connectivity index (χ0) is 19.8. The average molecular weight is 397 g/mol. The summed E-state index contributed by atoms with van der Waals surface area (Å²) in [5.74, 6) is -0.00615. The van der Waals surface area contributed by atoms with Gasteiger partial charge in [0.2, 0.25) is 0 Å². The number of nitrogens with zero attached hydrogens (tertiary/aromatic N) is 2. The van der Waals surface area contributed by atoms with E-state index < -0.39 is 47.0 Å². The number of nitrogens with two attached hydrogens (primary N) is 1. The molecule has 1 fully saturated rings. The molecular formula is C16H19N3O7S. The topological polar surface area (TPSA) is 154 Å². The van der Waals surface area contributed by atoms with Crippen LogP contribution in [0.25, 0.3) is 0 Å². The predicted octanol–water partition coefficient (Wildman–Crippen LogP) is -0.841. The summed E-state index contributed by atoms with van der Waals surface area (Å²) in [6.45, 7) is 1.28. The van der Waals surface area contributed by atoms with Crippen LogP contribution in [0.2, 0.25) is 0 Å². The summed E-state index contributed by atoms with van der Waals surface area (Å²) < 4.78 is 35.8. The highest BCUT2D eigenvalue weighted by atomic mass is 32.2. The molecule has 146 valence electrons. The van der Waals surface area contributed by atoms with E-state index in [1.807, 2.05) is 6.92 Å². The van der Waals surface area contributed by atoms with E-state index in [9.17, 15) is 23.4 Å². The second kappa shape index (κ2) is 7.37. The molecule has 27 heavy (non-hydrogen) atoms. The Morgan fingerprint density at radius 3 is 2.52 bits per heavy atom. The van der Waals surface area contributed by atoms with Crippen molar-refractivity contribution in [3.8, 4) is 0 Å². The molecule has 2 heterocycles. The number of benzene rings is 1. The highest BCUT2D eigenvalue weighted by Crippen LogP contribution is 2.29. The fourth-order valence-corrected chi connectivity index (χ4v) is 3.56. The molecule has 1 saturated heterocycles. The maximum Gasteiger partial charge on any atom is 0.351 e. The molecule has 0 amide bonds. The first-order valence-corrected chi connectivity index (χ1v) is 9.42. The third-order valence-corrected chi connectivity index (χ3v) is 5.46. The number of ether oxygens (including phenoxy) is 1. The second-order valence-corrected chi connectivity index (χ2v) is 7.76. The van der Waals surface area contributed by atoms with Crippen molar-refractivity contribution in [3.63, 3.8) is 0 Å². The number of hydrogen-bond acceptors (Lipinski definition) is 9. The molecule has 4 atom stereocenters. The summed E-state index contributed by atoms with van der Waals surface area (Å²) in [7, 11) is -4.07.